The van der Waals surface area contributed by atoms with Crippen LogP contribution in [-0.2, 0) is 4.74 Å². The Hall–Kier alpha value is -1.25. The smallest absolute Gasteiger partial charge is 0.339 e. The van der Waals surface area contributed by atoms with Gasteiger partial charge in [-0.1, -0.05) is 0 Å². The van der Waals surface area contributed by atoms with Gasteiger partial charge in [0.25, 0.3) is 0 Å². The van der Waals surface area contributed by atoms with Gasteiger partial charge in [-0.3, -0.25) is 0 Å². The normalized spacial score (nSPS) is 9.40. The maximum atomic E-state index is 10.8. The van der Waals surface area contributed by atoms with Gasteiger partial charge in [0.1, 0.15) is 0 Å². The zero-order valence-electron chi connectivity index (χ0n) is 5.97. The topological polar surface area (TPSA) is 42.1 Å². The van der Waals surface area contributed by atoms with E-state index in [1.54, 1.807) is 12.3 Å². The maximum absolute atomic E-state index is 10.8. The van der Waals surface area contributed by atoms with Gasteiger partial charge in [0.05, 0.1) is 12.7 Å². The van der Waals surface area contributed by atoms with Crippen molar-refractivity contribution < 1.29 is 9.53 Å². The maximum Gasteiger partial charge on any atom is 0.339 e. The summed E-state index contributed by atoms with van der Waals surface area (Å²) in [5.41, 5.74) is 1.53. The zero-order valence-corrected chi connectivity index (χ0v) is 5.97. The fourth-order valence-corrected chi connectivity index (χ4v) is 0.744. The molecule has 0 aliphatic heterocycles. The van der Waals surface area contributed by atoms with Crippen molar-refractivity contribution >= 4 is 5.97 Å². The van der Waals surface area contributed by atoms with Crippen LogP contribution < -0.4 is 0 Å². The molecule has 0 aromatic carbocycles. The molecule has 3 nitrogen and oxygen atoms in total. The molecule has 0 aliphatic carbocycles. The summed E-state index contributed by atoms with van der Waals surface area (Å²) in [7, 11) is 1.37. The van der Waals surface area contributed by atoms with Gasteiger partial charge < -0.3 is 9.72 Å². The summed E-state index contributed by atoms with van der Waals surface area (Å²) in [6, 6.07) is 1.74. The van der Waals surface area contributed by atoms with Crippen molar-refractivity contribution in [3.05, 3.63) is 23.5 Å². The fraction of sp³-hybridized carbons (Fsp3) is 0.286. The Kier molecular flexibility index (Phi) is 1.76. The number of aromatic nitrogens is 1. The zero-order chi connectivity index (χ0) is 7.56. The summed E-state index contributed by atoms with van der Waals surface area (Å²) < 4.78 is 4.49. The molecule has 10 heavy (non-hydrogen) atoms. The van der Waals surface area contributed by atoms with Gasteiger partial charge in [0.15, 0.2) is 0 Å². The van der Waals surface area contributed by atoms with Gasteiger partial charge >= 0.3 is 5.97 Å². The lowest BCUT2D eigenvalue weighted by Gasteiger charge is -1.90. The first-order valence-electron chi connectivity index (χ1n) is 2.97. The van der Waals surface area contributed by atoms with Gasteiger partial charge in [0, 0.05) is 11.9 Å². The second kappa shape index (κ2) is 2.56. The summed E-state index contributed by atoms with van der Waals surface area (Å²) in [6.07, 6.45) is 1.63. The molecule has 0 atom stereocenters. The molecule has 1 aromatic heterocycles. The molecule has 1 aromatic rings. The van der Waals surface area contributed by atoms with Crippen LogP contribution in [0, 0.1) is 6.92 Å². The van der Waals surface area contributed by atoms with Gasteiger partial charge in [-0.05, 0) is 13.0 Å². The van der Waals surface area contributed by atoms with Crippen molar-refractivity contribution in [2.24, 2.45) is 0 Å². The molecule has 0 aliphatic rings. The Bertz CT molecular complexity index is 240. The fourth-order valence-electron chi connectivity index (χ4n) is 0.744. The van der Waals surface area contributed by atoms with Crippen LogP contribution in [0.25, 0.3) is 0 Å². The minimum Gasteiger partial charge on any atom is -0.465 e. The van der Waals surface area contributed by atoms with Crippen LogP contribution in [0.2, 0.25) is 0 Å². The molecule has 0 saturated heterocycles. The molecule has 0 fully saturated rings. The van der Waals surface area contributed by atoms with Gasteiger partial charge in [-0.2, -0.15) is 0 Å². The Morgan fingerprint density at radius 3 is 2.80 bits per heavy atom. The van der Waals surface area contributed by atoms with Crippen molar-refractivity contribution in [1.29, 1.82) is 0 Å². The monoisotopic (exact) mass is 139 g/mol. The van der Waals surface area contributed by atoms with Gasteiger partial charge in [0.2, 0.25) is 0 Å². The van der Waals surface area contributed by atoms with Crippen molar-refractivity contribution in [1.82, 2.24) is 4.98 Å². The Balaban J connectivity index is 2.85. The van der Waals surface area contributed by atoms with Crippen LogP contribution in [0.15, 0.2) is 12.3 Å². The summed E-state index contributed by atoms with van der Waals surface area (Å²) in [5, 5.41) is 0. The molecule has 0 spiro atoms. The summed E-state index contributed by atoms with van der Waals surface area (Å²) in [5.74, 6) is -0.302. The number of hydrogen-bond acceptors (Lipinski definition) is 2. The first-order valence-corrected chi connectivity index (χ1v) is 2.97. The molecule has 0 unspecified atom stereocenters. The van der Waals surface area contributed by atoms with Crippen molar-refractivity contribution in [3.63, 3.8) is 0 Å². The van der Waals surface area contributed by atoms with Crippen LogP contribution in [0.5, 0.6) is 0 Å². The van der Waals surface area contributed by atoms with E-state index < -0.39 is 0 Å². The number of carbonyl (C=O) groups excluding carboxylic acids is 1. The minimum atomic E-state index is -0.302. The average molecular weight is 139 g/mol. The summed E-state index contributed by atoms with van der Waals surface area (Å²) in [4.78, 5) is 13.7. The number of esters is 1. The van der Waals surface area contributed by atoms with Crippen LogP contribution in [-0.4, -0.2) is 18.1 Å². The average Bonchev–Trinajstić information content (AvgIpc) is 2.34. The first kappa shape index (κ1) is 6.86. The van der Waals surface area contributed by atoms with Crippen LogP contribution >= 0.6 is 0 Å². The van der Waals surface area contributed by atoms with Crippen molar-refractivity contribution in [3.8, 4) is 0 Å². The predicted octanol–water partition coefficient (Wildman–Crippen LogP) is 1.11. The highest BCUT2D eigenvalue weighted by molar-refractivity contribution is 5.89. The highest BCUT2D eigenvalue weighted by atomic mass is 16.5. The quantitative estimate of drug-likeness (QED) is 0.592. The molecular formula is C7H9NO2. The highest BCUT2D eigenvalue weighted by Gasteiger charge is 2.04. The molecule has 1 heterocycles. The Morgan fingerprint density at radius 1 is 1.70 bits per heavy atom. The molecule has 0 radical (unpaired) electrons. The molecular weight excluding hydrogens is 130 g/mol. The molecule has 3 heteroatoms. The number of H-pyrrole nitrogens is 1. The standard InChI is InChI=1S/C7H9NO2/c1-5-3-6(4-8-5)7(9)10-2/h3-4,8H,1-2H3. The highest BCUT2D eigenvalue weighted by Crippen LogP contribution is 2.02. The number of carbonyl (C=O) groups is 1. The van der Waals surface area contributed by atoms with Gasteiger partial charge in [-0.15, -0.1) is 0 Å². The molecule has 0 amide bonds. The largest absolute Gasteiger partial charge is 0.465 e. The number of rotatable bonds is 1. The minimum absolute atomic E-state index is 0.302. The van der Waals surface area contributed by atoms with Crippen LogP contribution in [0.3, 0.4) is 0 Å². The van der Waals surface area contributed by atoms with E-state index in [-0.39, 0.29) is 5.97 Å². The third-order valence-corrected chi connectivity index (χ3v) is 1.25. The van der Waals surface area contributed by atoms with E-state index in [1.165, 1.54) is 7.11 Å². The van der Waals surface area contributed by atoms with Gasteiger partial charge in [-0.25, -0.2) is 4.79 Å². The van der Waals surface area contributed by atoms with E-state index in [2.05, 4.69) is 9.72 Å². The number of aromatic amines is 1. The second-order valence-corrected chi connectivity index (χ2v) is 2.06. The lowest BCUT2D eigenvalue weighted by molar-refractivity contribution is 0.0601. The lowest BCUT2D eigenvalue weighted by Crippen LogP contribution is -1.98. The molecule has 1 N–H and O–H groups in total. The van der Waals surface area contributed by atoms with Crippen molar-refractivity contribution in [2.45, 2.75) is 6.92 Å². The Labute approximate surface area is 59.0 Å². The molecule has 54 valence electrons. The van der Waals surface area contributed by atoms with E-state index in [0.717, 1.165) is 5.69 Å². The number of hydrogen-bond donors (Lipinski definition) is 1. The van der Waals surface area contributed by atoms with E-state index >= 15 is 0 Å². The molecule has 0 saturated carbocycles. The van der Waals surface area contributed by atoms with Crippen LogP contribution in [0.4, 0.5) is 0 Å². The predicted molar refractivity (Wildman–Crippen MR) is 36.9 cm³/mol. The Morgan fingerprint density at radius 2 is 2.40 bits per heavy atom. The third-order valence-electron chi connectivity index (χ3n) is 1.25. The van der Waals surface area contributed by atoms with E-state index in [4.69, 9.17) is 0 Å². The number of ether oxygens (including phenoxy) is 1. The number of aryl methyl sites for hydroxylation is 1. The second-order valence-electron chi connectivity index (χ2n) is 2.06. The van der Waals surface area contributed by atoms with E-state index in [9.17, 15) is 4.79 Å². The number of methoxy groups -OCH3 is 1. The summed E-state index contributed by atoms with van der Waals surface area (Å²) >= 11 is 0. The lowest BCUT2D eigenvalue weighted by atomic mass is 10.3. The van der Waals surface area contributed by atoms with Crippen LogP contribution in [0.1, 0.15) is 16.1 Å². The number of nitrogens with one attached hydrogen (secondary N) is 1. The van der Waals surface area contributed by atoms with E-state index in [0.29, 0.717) is 5.56 Å². The molecule has 1 rings (SSSR count). The third kappa shape index (κ3) is 1.18. The molecule has 0 bridgehead atoms. The van der Waals surface area contributed by atoms with Crippen molar-refractivity contribution in [2.75, 3.05) is 7.11 Å². The summed E-state index contributed by atoms with van der Waals surface area (Å²) in [6.45, 7) is 1.88. The van der Waals surface area contributed by atoms with E-state index in [1.807, 2.05) is 6.92 Å². The first-order chi connectivity index (χ1) is 4.74. The SMILES string of the molecule is COC(=O)c1c[nH]c(C)c1.